The number of nitrogens with zero attached hydrogens (tertiary/aromatic N) is 1. The van der Waals surface area contributed by atoms with Crippen LogP contribution in [0, 0.1) is 5.92 Å². The van der Waals surface area contributed by atoms with Crippen LogP contribution in [0.25, 0.3) is 0 Å². The van der Waals surface area contributed by atoms with Gasteiger partial charge in [-0.3, -0.25) is 4.90 Å². The van der Waals surface area contributed by atoms with Gasteiger partial charge >= 0.3 is 0 Å². The Balaban J connectivity index is 2.14. The molecule has 2 atom stereocenters. The quantitative estimate of drug-likeness (QED) is 0.649. The highest BCUT2D eigenvalue weighted by atomic mass is 16.5. The number of methoxy groups -OCH3 is 1. The Morgan fingerprint density at radius 2 is 1.83 bits per heavy atom. The molecule has 0 aromatic carbocycles. The first-order valence-electron chi connectivity index (χ1n) is 6.60. The van der Waals surface area contributed by atoms with E-state index in [1.54, 1.807) is 7.11 Å². The van der Waals surface area contributed by atoms with E-state index in [2.05, 4.69) is 4.90 Å². The molecule has 0 amide bonds. The first-order valence-corrected chi connectivity index (χ1v) is 6.60. The highest BCUT2D eigenvalue weighted by Crippen LogP contribution is 2.28. The van der Waals surface area contributed by atoms with E-state index < -0.39 is 11.7 Å². The van der Waals surface area contributed by atoms with Crippen LogP contribution in [0.15, 0.2) is 0 Å². The summed E-state index contributed by atoms with van der Waals surface area (Å²) in [6.45, 7) is 8.61. The molecular weight excluding hydrogens is 234 g/mol. The van der Waals surface area contributed by atoms with Crippen molar-refractivity contribution < 1.29 is 19.7 Å². The van der Waals surface area contributed by atoms with Gasteiger partial charge in [0.05, 0.1) is 31.0 Å². The zero-order valence-corrected chi connectivity index (χ0v) is 11.9. The van der Waals surface area contributed by atoms with E-state index in [0.29, 0.717) is 32.8 Å². The lowest BCUT2D eigenvalue weighted by Crippen LogP contribution is -2.65. The van der Waals surface area contributed by atoms with E-state index in [0.717, 1.165) is 0 Å². The zero-order valence-electron chi connectivity index (χ0n) is 11.9. The summed E-state index contributed by atoms with van der Waals surface area (Å²) < 4.78 is 10.4. The number of rotatable bonds is 8. The number of β-amino-alcohol motifs (C(OH)–C–C–N with tert-alkyl or cyclic N) is 2. The van der Waals surface area contributed by atoms with Gasteiger partial charge in [-0.1, -0.05) is 13.8 Å². The van der Waals surface area contributed by atoms with Crippen LogP contribution in [-0.4, -0.2) is 72.9 Å². The molecule has 1 saturated heterocycles. The Hall–Kier alpha value is -0.200. The summed E-state index contributed by atoms with van der Waals surface area (Å²) in [5.41, 5.74) is -0.579. The molecule has 2 unspecified atom stereocenters. The van der Waals surface area contributed by atoms with Crippen LogP contribution in [0.1, 0.15) is 20.8 Å². The molecule has 1 heterocycles. The summed E-state index contributed by atoms with van der Waals surface area (Å²) in [6, 6.07) is 0. The molecule has 1 fully saturated rings. The fourth-order valence-corrected chi connectivity index (χ4v) is 2.13. The second kappa shape index (κ2) is 6.82. The predicted octanol–water partition coefficient (Wildman–Crippen LogP) is 0.102. The number of hydrogen-bond acceptors (Lipinski definition) is 5. The minimum Gasteiger partial charge on any atom is -0.389 e. The Labute approximate surface area is 110 Å². The molecule has 1 aliphatic heterocycles. The summed E-state index contributed by atoms with van der Waals surface area (Å²) in [7, 11) is 1.63. The summed E-state index contributed by atoms with van der Waals surface area (Å²) in [5.74, 6) is 0.254. The molecule has 0 aliphatic carbocycles. The maximum Gasteiger partial charge on any atom is 0.0922 e. The standard InChI is InChI=1S/C13H27NO4/c1-10(2)13(16)8-14(9-13)5-12(15)7-18-11(3)6-17-4/h10-12,15-16H,5-9H2,1-4H3. The molecule has 5 heteroatoms. The van der Waals surface area contributed by atoms with Crippen molar-refractivity contribution in [2.45, 2.75) is 38.6 Å². The Bertz CT molecular complexity index is 241. The van der Waals surface area contributed by atoms with Crippen molar-refractivity contribution >= 4 is 0 Å². The molecule has 2 N–H and O–H groups in total. The van der Waals surface area contributed by atoms with Gasteiger partial charge in [0.1, 0.15) is 0 Å². The lowest BCUT2D eigenvalue weighted by molar-refractivity contribution is -0.141. The lowest BCUT2D eigenvalue weighted by atomic mass is 9.83. The van der Waals surface area contributed by atoms with E-state index in [4.69, 9.17) is 9.47 Å². The van der Waals surface area contributed by atoms with Crippen molar-refractivity contribution in [2.75, 3.05) is 40.0 Å². The van der Waals surface area contributed by atoms with E-state index in [1.807, 2.05) is 20.8 Å². The third kappa shape index (κ3) is 4.48. The van der Waals surface area contributed by atoms with Gasteiger partial charge in [-0.05, 0) is 12.8 Å². The van der Waals surface area contributed by atoms with Crippen LogP contribution in [0.3, 0.4) is 0 Å². The van der Waals surface area contributed by atoms with Gasteiger partial charge < -0.3 is 19.7 Å². The fourth-order valence-electron chi connectivity index (χ4n) is 2.13. The second-order valence-electron chi connectivity index (χ2n) is 5.68. The number of aliphatic hydroxyl groups is 2. The van der Waals surface area contributed by atoms with Crippen LogP contribution in [-0.2, 0) is 9.47 Å². The molecular formula is C13H27NO4. The molecule has 1 rings (SSSR count). The van der Waals surface area contributed by atoms with Gasteiger partial charge in [0, 0.05) is 26.7 Å². The minimum atomic E-state index is -0.579. The summed E-state index contributed by atoms with van der Waals surface area (Å²) in [5, 5.41) is 19.9. The molecule has 18 heavy (non-hydrogen) atoms. The molecule has 0 aromatic rings. The summed E-state index contributed by atoms with van der Waals surface area (Å²) in [6.07, 6.45) is -0.519. The zero-order chi connectivity index (χ0) is 13.8. The van der Waals surface area contributed by atoms with Crippen LogP contribution in [0.4, 0.5) is 0 Å². The summed E-state index contributed by atoms with van der Waals surface area (Å²) in [4.78, 5) is 2.05. The fraction of sp³-hybridized carbons (Fsp3) is 1.00. The number of hydrogen-bond donors (Lipinski definition) is 2. The Morgan fingerprint density at radius 1 is 1.22 bits per heavy atom. The molecule has 108 valence electrons. The van der Waals surface area contributed by atoms with Gasteiger partial charge in [-0.2, -0.15) is 0 Å². The van der Waals surface area contributed by atoms with Crippen molar-refractivity contribution in [1.82, 2.24) is 4.90 Å². The van der Waals surface area contributed by atoms with E-state index in [1.165, 1.54) is 0 Å². The Kier molecular flexibility index (Phi) is 6.01. The monoisotopic (exact) mass is 261 g/mol. The minimum absolute atomic E-state index is 0.00589. The molecule has 0 spiro atoms. The van der Waals surface area contributed by atoms with Crippen molar-refractivity contribution in [1.29, 1.82) is 0 Å². The first-order chi connectivity index (χ1) is 8.37. The van der Waals surface area contributed by atoms with E-state index in [-0.39, 0.29) is 12.0 Å². The molecule has 0 aromatic heterocycles. The third-order valence-electron chi connectivity index (χ3n) is 3.51. The normalized spacial score (nSPS) is 22.8. The predicted molar refractivity (Wildman–Crippen MR) is 69.5 cm³/mol. The number of ether oxygens (including phenoxy) is 2. The number of likely N-dealkylation sites (tertiary alicyclic amines) is 1. The lowest BCUT2D eigenvalue weighted by Gasteiger charge is -2.49. The molecule has 1 aliphatic rings. The highest BCUT2D eigenvalue weighted by Gasteiger charge is 2.43. The van der Waals surface area contributed by atoms with Crippen LogP contribution in [0.5, 0.6) is 0 Å². The van der Waals surface area contributed by atoms with Crippen molar-refractivity contribution in [2.24, 2.45) is 5.92 Å². The van der Waals surface area contributed by atoms with Crippen LogP contribution in [0.2, 0.25) is 0 Å². The Morgan fingerprint density at radius 3 is 2.33 bits per heavy atom. The van der Waals surface area contributed by atoms with Crippen molar-refractivity contribution in [3.05, 3.63) is 0 Å². The average molecular weight is 261 g/mol. The largest absolute Gasteiger partial charge is 0.389 e. The van der Waals surface area contributed by atoms with E-state index in [9.17, 15) is 10.2 Å². The van der Waals surface area contributed by atoms with Crippen molar-refractivity contribution in [3.8, 4) is 0 Å². The van der Waals surface area contributed by atoms with Crippen LogP contribution < -0.4 is 0 Å². The van der Waals surface area contributed by atoms with Gasteiger partial charge in [0.2, 0.25) is 0 Å². The maximum atomic E-state index is 10.1. The molecule has 0 bridgehead atoms. The molecule has 0 saturated carbocycles. The third-order valence-corrected chi connectivity index (χ3v) is 3.51. The van der Waals surface area contributed by atoms with Gasteiger partial charge in [-0.25, -0.2) is 0 Å². The topological polar surface area (TPSA) is 62.2 Å². The summed E-state index contributed by atoms with van der Waals surface area (Å²) >= 11 is 0. The molecule has 5 nitrogen and oxygen atoms in total. The second-order valence-corrected chi connectivity index (χ2v) is 5.68. The first kappa shape index (κ1) is 15.9. The number of aliphatic hydroxyl groups excluding tert-OH is 1. The average Bonchev–Trinajstić information content (AvgIpc) is 2.24. The SMILES string of the molecule is COCC(C)OCC(O)CN1CC(O)(C(C)C)C1. The van der Waals surface area contributed by atoms with Crippen LogP contribution >= 0.6 is 0 Å². The molecule has 0 radical (unpaired) electrons. The van der Waals surface area contributed by atoms with Crippen molar-refractivity contribution in [3.63, 3.8) is 0 Å². The van der Waals surface area contributed by atoms with Gasteiger partial charge in [0.25, 0.3) is 0 Å². The van der Waals surface area contributed by atoms with Gasteiger partial charge in [-0.15, -0.1) is 0 Å². The van der Waals surface area contributed by atoms with Gasteiger partial charge in [0.15, 0.2) is 0 Å². The van der Waals surface area contributed by atoms with E-state index >= 15 is 0 Å². The highest BCUT2D eigenvalue weighted by molar-refractivity contribution is 4.98. The smallest absolute Gasteiger partial charge is 0.0922 e. The maximum absolute atomic E-state index is 10.1.